The molecular weight excluding hydrogens is 308 g/mol. The lowest BCUT2D eigenvalue weighted by Crippen LogP contribution is -2.14. The minimum absolute atomic E-state index is 0.478. The van der Waals surface area contributed by atoms with E-state index < -0.39 is 6.29 Å². The van der Waals surface area contributed by atoms with Crippen LogP contribution in [0, 0.1) is 11.8 Å². The Morgan fingerprint density at radius 1 is 0.957 bits per heavy atom. The monoisotopic (exact) mass is 328 g/mol. The Morgan fingerprint density at radius 2 is 1.61 bits per heavy atom. The van der Waals surface area contributed by atoms with E-state index in [1.54, 1.807) is 0 Å². The van der Waals surface area contributed by atoms with Crippen LogP contribution < -0.4 is 0 Å². The van der Waals surface area contributed by atoms with Crippen LogP contribution >= 0.6 is 11.6 Å². The predicted molar refractivity (Wildman–Crippen MR) is 94.6 cm³/mol. The lowest BCUT2D eigenvalue weighted by atomic mass is 10.00. The first-order valence-electron chi connectivity index (χ1n) is 7.80. The summed E-state index contributed by atoms with van der Waals surface area (Å²) in [7, 11) is 0. The van der Waals surface area contributed by atoms with Crippen molar-refractivity contribution in [1.82, 2.24) is 0 Å². The SMILES string of the molecule is CCOC(C#Cc1ccccc1Cc1ccc(Cl)cc1)OCC. The van der Waals surface area contributed by atoms with Gasteiger partial charge >= 0.3 is 0 Å². The zero-order valence-corrected chi connectivity index (χ0v) is 14.3. The lowest BCUT2D eigenvalue weighted by Gasteiger charge is -2.10. The fraction of sp³-hybridized carbons (Fsp3) is 0.300. The Labute approximate surface area is 143 Å². The molecular formula is C20H21ClO2. The summed E-state index contributed by atoms with van der Waals surface area (Å²) in [5.74, 6) is 6.25. The fourth-order valence-electron chi connectivity index (χ4n) is 2.19. The number of hydrogen-bond donors (Lipinski definition) is 0. The van der Waals surface area contributed by atoms with E-state index >= 15 is 0 Å². The summed E-state index contributed by atoms with van der Waals surface area (Å²) >= 11 is 5.94. The summed E-state index contributed by atoms with van der Waals surface area (Å²) in [6.07, 6.45) is 0.337. The molecule has 120 valence electrons. The van der Waals surface area contributed by atoms with E-state index in [0.717, 1.165) is 17.0 Å². The largest absolute Gasteiger partial charge is 0.342 e. The standard InChI is InChI=1S/C20H21ClO2/c1-3-22-20(23-4-2)14-11-17-7-5-6-8-18(17)15-16-9-12-19(21)13-10-16/h5-10,12-13,20H,3-4,15H2,1-2H3. The summed E-state index contributed by atoms with van der Waals surface area (Å²) in [5.41, 5.74) is 3.37. The van der Waals surface area contributed by atoms with Crippen molar-refractivity contribution in [2.75, 3.05) is 13.2 Å². The minimum Gasteiger partial charge on any atom is -0.342 e. The molecule has 0 saturated heterocycles. The van der Waals surface area contributed by atoms with E-state index in [9.17, 15) is 0 Å². The van der Waals surface area contributed by atoms with Crippen molar-refractivity contribution < 1.29 is 9.47 Å². The first-order valence-corrected chi connectivity index (χ1v) is 8.17. The predicted octanol–water partition coefficient (Wildman–Crippen LogP) is 4.68. The maximum absolute atomic E-state index is 5.94. The molecule has 0 fully saturated rings. The van der Waals surface area contributed by atoms with Crippen molar-refractivity contribution in [1.29, 1.82) is 0 Å². The van der Waals surface area contributed by atoms with Gasteiger partial charge in [-0.2, -0.15) is 0 Å². The Bertz CT molecular complexity index is 662. The van der Waals surface area contributed by atoms with Gasteiger partial charge in [-0.15, -0.1) is 0 Å². The molecule has 2 aromatic rings. The Morgan fingerprint density at radius 3 is 2.26 bits per heavy atom. The van der Waals surface area contributed by atoms with Gasteiger partial charge in [0.05, 0.1) is 0 Å². The van der Waals surface area contributed by atoms with Gasteiger partial charge in [-0.3, -0.25) is 0 Å². The molecule has 0 saturated carbocycles. The van der Waals surface area contributed by atoms with Crippen LogP contribution in [0.4, 0.5) is 0 Å². The molecule has 0 heterocycles. The number of ether oxygens (including phenoxy) is 2. The molecule has 2 rings (SSSR count). The van der Waals surface area contributed by atoms with Crippen molar-refractivity contribution >= 4 is 11.6 Å². The number of rotatable bonds is 6. The third kappa shape index (κ3) is 5.73. The molecule has 0 N–H and O–H groups in total. The third-order valence-electron chi connectivity index (χ3n) is 3.29. The Kier molecular flexibility index (Phi) is 7.16. The molecule has 3 heteroatoms. The second-order valence-corrected chi connectivity index (χ2v) is 5.41. The average molecular weight is 329 g/mol. The van der Waals surface area contributed by atoms with Crippen LogP contribution in [-0.4, -0.2) is 19.5 Å². The van der Waals surface area contributed by atoms with Gasteiger partial charge in [-0.25, -0.2) is 0 Å². The van der Waals surface area contributed by atoms with Gasteiger partial charge in [0.2, 0.25) is 6.29 Å². The van der Waals surface area contributed by atoms with Crippen LogP contribution in [0.1, 0.15) is 30.5 Å². The average Bonchev–Trinajstić information content (AvgIpc) is 2.56. The molecule has 0 radical (unpaired) electrons. The highest BCUT2D eigenvalue weighted by Gasteiger charge is 2.04. The molecule has 0 aromatic heterocycles. The Hall–Kier alpha value is -1.79. The van der Waals surface area contributed by atoms with E-state index in [-0.39, 0.29) is 0 Å². The molecule has 2 nitrogen and oxygen atoms in total. The van der Waals surface area contributed by atoms with Crippen molar-refractivity contribution in [3.63, 3.8) is 0 Å². The maximum atomic E-state index is 5.94. The first-order chi connectivity index (χ1) is 11.2. The van der Waals surface area contributed by atoms with Crippen LogP contribution in [0.2, 0.25) is 5.02 Å². The lowest BCUT2D eigenvalue weighted by molar-refractivity contribution is -0.0969. The summed E-state index contributed by atoms with van der Waals surface area (Å²) < 4.78 is 10.9. The summed E-state index contributed by atoms with van der Waals surface area (Å²) in [4.78, 5) is 0. The maximum Gasteiger partial charge on any atom is 0.222 e. The molecule has 0 atom stereocenters. The van der Waals surface area contributed by atoms with Gasteiger partial charge in [-0.1, -0.05) is 47.9 Å². The highest BCUT2D eigenvalue weighted by molar-refractivity contribution is 6.30. The van der Waals surface area contributed by atoms with E-state index in [0.29, 0.717) is 13.2 Å². The topological polar surface area (TPSA) is 18.5 Å². The van der Waals surface area contributed by atoms with Gasteiger partial charge in [-0.05, 0) is 55.5 Å². The van der Waals surface area contributed by atoms with E-state index in [1.807, 2.05) is 56.3 Å². The van der Waals surface area contributed by atoms with E-state index in [4.69, 9.17) is 21.1 Å². The van der Waals surface area contributed by atoms with Crippen LogP contribution in [0.25, 0.3) is 0 Å². The third-order valence-corrected chi connectivity index (χ3v) is 3.54. The molecule has 0 unspecified atom stereocenters. The van der Waals surface area contributed by atoms with Gasteiger partial charge < -0.3 is 9.47 Å². The van der Waals surface area contributed by atoms with Crippen molar-refractivity contribution in [2.24, 2.45) is 0 Å². The highest BCUT2D eigenvalue weighted by Crippen LogP contribution is 2.16. The second kappa shape index (κ2) is 9.37. The smallest absolute Gasteiger partial charge is 0.222 e. The van der Waals surface area contributed by atoms with Gasteiger partial charge in [0.1, 0.15) is 0 Å². The normalized spacial score (nSPS) is 10.4. The van der Waals surface area contributed by atoms with Gasteiger partial charge in [0.25, 0.3) is 0 Å². The number of hydrogen-bond acceptors (Lipinski definition) is 2. The van der Waals surface area contributed by atoms with Crippen molar-refractivity contribution in [3.8, 4) is 11.8 Å². The molecule has 0 bridgehead atoms. The fourth-order valence-corrected chi connectivity index (χ4v) is 2.32. The molecule has 0 aliphatic rings. The minimum atomic E-state index is -0.478. The molecule has 0 aliphatic heterocycles. The molecule has 23 heavy (non-hydrogen) atoms. The summed E-state index contributed by atoms with van der Waals surface area (Å²) in [5, 5.41) is 0.748. The number of benzene rings is 2. The molecule has 0 spiro atoms. The van der Waals surface area contributed by atoms with E-state index in [1.165, 1.54) is 11.1 Å². The molecule has 0 amide bonds. The van der Waals surface area contributed by atoms with Gasteiger partial charge in [0, 0.05) is 23.8 Å². The van der Waals surface area contributed by atoms with Crippen molar-refractivity contribution in [2.45, 2.75) is 26.6 Å². The second-order valence-electron chi connectivity index (χ2n) is 4.97. The van der Waals surface area contributed by atoms with Crippen LogP contribution in [0.3, 0.4) is 0 Å². The molecule has 0 aliphatic carbocycles. The van der Waals surface area contributed by atoms with Crippen LogP contribution in [-0.2, 0) is 15.9 Å². The summed E-state index contributed by atoms with van der Waals surface area (Å²) in [6, 6.07) is 16.0. The highest BCUT2D eigenvalue weighted by atomic mass is 35.5. The quantitative estimate of drug-likeness (QED) is 0.566. The first kappa shape index (κ1) is 17.6. The zero-order valence-electron chi connectivity index (χ0n) is 13.5. The van der Waals surface area contributed by atoms with Crippen LogP contribution in [0.5, 0.6) is 0 Å². The van der Waals surface area contributed by atoms with Crippen LogP contribution in [0.15, 0.2) is 48.5 Å². The zero-order chi connectivity index (χ0) is 16.5. The Balaban J connectivity index is 2.18. The van der Waals surface area contributed by atoms with E-state index in [2.05, 4.69) is 17.9 Å². The summed E-state index contributed by atoms with van der Waals surface area (Å²) in [6.45, 7) is 5.02. The van der Waals surface area contributed by atoms with Gasteiger partial charge in [0.15, 0.2) is 0 Å². The molecule has 2 aromatic carbocycles. The number of halogens is 1. The van der Waals surface area contributed by atoms with Crippen molar-refractivity contribution in [3.05, 3.63) is 70.2 Å².